The number of amides is 1. The molecule has 1 amide bonds. The molecule has 0 fully saturated rings. The Bertz CT molecular complexity index is 880. The molecule has 3 rings (SSSR count). The van der Waals surface area contributed by atoms with Gasteiger partial charge in [-0.3, -0.25) is 4.79 Å². The Hall–Kier alpha value is -2.60. The number of hydrogen-bond acceptors (Lipinski definition) is 5. The smallest absolute Gasteiger partial charge is 0.233 e. The van der Waals surface area contributed by atoms with Gasteiger partial charge in [-0.1, -0.05) is 48.2 Å². The molecule has 1 heterocycles. The Balaban J connectivity index is 1.65. The Kier molecular flexibility index (Phi) is 5.50. The van der Waals surface area contributed by atoms with E-state index in [1.807, 2.05) is 48.5 Å². The van der Waals surface area contributed by atoms with Crippen LogP contribution in [0.2, 0.25) is 0 Å². The molecule has 25 heavy (non-hydrogen) atoms. The molecule has 2 aromatic carbocycles. The largest absolute Gasteiger partial charge is 0.496 e. The zero-order chi connectivity index (χ0) is 17.6. The maximum absolute atomic E-state index is 12.5. The maximum Gasteiger partial charge on any atom is 0.233 e. The number of nitrogens with zero attached hydrogens (tertiary/aromatic N) is 3. The maximum atomic E-state index is 12.5. The van der Waals surface area contributed by atoms with Gasteiger partial charge in [0.05, 0.1) is 18.4 Å². The summed E-state index contributed by atoms with van der Waals surface area (Å²) >= 11 is 1.43. The minimum Gasteiger partial charge on any atom is -0.496 e. The van der Waals surface area contributed by atoms with Gasteiger partial charge in [-0.2, -0.15) is 0 Å². The molecule has 0 aliphatic rings. The van der Waals surface area contributed by atoms with Crippen LogP contribution in [0.4, 0.5) is 0 Å². The van der Waals surface area contributed by atoms with E-state index in [9.17, 15) is 4.79 Å². The van der Waals surface area contributed by atoms with Crippen molar-refractivity contribution in [2.24, 2.45) is 0 Å². The van der Waals surface area contributed by atoms with Gasteiger partial charge < -0.3 is 9.64 Å². The van der Waals surface area contributed by atoms with Crippen LogP contribution in [-0.2, 0) is 11.3 Å². The van der Waals surface area contributed by atoms with Crippen molar-refractivity contribution < 1.29 is 9.53 Å². The van der Waals surface area contributed by atoms with Crippen molar-refractivity contribution in [1.82, 2.24) is 14.9 Å². The van der Waals surface area contributed by atoms with Crippen LogP contribution in [0.1, 0.15) is 5.56 Å². The molecule has 0 bridgehead atoms. The number of hydrogen-bond donors (Lipinski definition) is 0. The molecular weight excluding hydrogens is 334 g/mol. The number of fused-ring (bicyclic) bond motifs is 1. The zero-order valence-corrected chi connectivity index (χ0v) is 15.0. The van der Waals surface area contributed by atoms with Gasteiger partial charge in [-0.05, 0) is 12.1 Å². The number of aromatic nitrogens is 2. The van der Waals surface area contributed by atoms with Crippen LogP contribution >= 0.6 is 11.8 Å². The van der Waals surface area contributed by atoms with Gasteiger partial charge in [0.25, 0.3) is 0 Å². The summed E-state index contributed by atoms with van der Waals surface area (Å²) in [4.78, 5) is 22.7. The second-order valence-corrected chi connectivity index (χ2v) is 6.51. The minimum atomic E-state index is 0.0404. The first kappa shape index (κ1) is 17.2. The van der Waals surface area contributed by atoms with Crippen LogP contribution in [0.15, 0.2) is 59.9 Å². The highest BCUT2D eigenvalue weighted by Gasteiger charge is 2.13. The topological polar surface area (TPSA) is 55.3 Å². The second-order valence-electron chi connectivity index (χ2n) is 5.55. The van der Waals surface area contributed by atoms with Crippen molar-refractivity contribution in [3.8, 4) is 5.75 Å². The molecule has 0 atom stereocenters. The minimum absolute atomic E-state index is 0.0404. The van der Waals surface area contributed by atoms with E-state index < -0.39 is 0 Å². The third-order valence-corrected chi connectivity index (χ3v) is 4.85. The van der Waals surface area contributed by atoms with Crippen LogP contribution in [0, 0.1) is 0 Å². The first-order valence-corrected chi connectivity index (χ1v) is 8.86. The van der Waals surface area contributed by atoms with Crippen molar-refractivity contribution in [3.05, 3.63) is 60.4 Å². The predicted octanol–water partition coefficient (Wildman–Crippen LogP) is 3.39. The summed E-state index contributed by atoms with van der Waals surface area (Å²) in [6, 6.07) is 15.5. The lowest BCUT2D eigenvalue weighted by Gasteiger charge is -2.18. The molecule has 0 unspecified atom stereocenters. The fourth-order valence-corrected chi connectivity index (χ4v) is 3.44. The van der Waals surface area contributed by atoms with Gasteiger partial charge in [-0.25, -0.2) is 9.97 Å². The number of carbonyl (C=O) groups is 1. The van der Waals surface area contributed by atoms with Crippen LogP contribution in [0.25, 0.3) is 10.9 Å². The fourth-order valence-electron chi connectivity index (χ4n) is 2.51. The molecule has 128 valence electrons. The fraction of sp³-hybridized carbons (Fsp3) is 0.211. The summed E-state index contributed by atoms with van der Waals surface area (Å²) < 4.78 is 5.34. The molecule has 0 saturated carbocycles. The summed E-state index contributed by atoms with van der Waals surface area (Å²) in [7, 11) is 3.43. The highest BCUT2D eigenvalue weighted by Crippen LogP contribution is 2.25. The molecule has 0 spiro atoms. The monoisotopic (exact) mass is 353 g/mol. The standard InChI is InChI=1S/C19H19N3O2S/c1-22(11-14-7-3-6-10-17(14)24-2)18(23)12-25-19-15-8-4-5-9-16(15)20-13-21-19/h3-10,13H,11-12H2,1-2H3. The highest BCUT2D eigenvalue weighted by molar-refractivity contribution is 8.00. The summed E-state index contributed by atoms with van der Waals surface area (Å²) in [5.41, 5.74) is 1.87. The van der Waals surface area contributed by atoms with E-state index in [1.54, 1.807) is 19.1 Å². The predicted molar refractivity (Wildman–Crippen MR) is 99.7 cm³/mol. The van der Waals surface area contributed by atoms with E-state index in [4.69, 9.17) is 4.74 Å². The summed E-state index contributed by atoms with van der Waals surface area (Å²) in [6.45, 7) is 0.508. The molecule has 0 aliphatic carbocycles. The van der Waals surface area contributed by atoms with Gasteiger partial charge in [0, 0.05) is 24.5 Å². The van der Waals surface area contributed by atoms with Gasteiger partial charge >= 0.3 is 0 Å². The molecule has 0 radical (unpaired) electrons. The lowest BCUT2D eigenvalue weighted by Crippen LogP contribution is -2.28. The summed E-state index contributed by atoms with van der Waals surface area (Å²) in [5, 5.41) is 1.79. The van der Waals surface area contributed by atoms with Crippen molar-refractivity contribution in [2.75, 3.05) is 19.9 Å². The number of para-hydroxylation sites is 2. The Labute approximate surface area is 151 Å². The lowest BCUT2D eigenvalue weighted by atomic mass is 10.2. The average molecular weight is 353 g/mol. The number of methoxy groups -OCH3 is 1. The van der Waals surface area contributed by atoms with E-state index in [0.29, 0.717) is 12.3 Å². The first-order valence-electron chi connectivity index (χ1n) is 7.87. The Morgan fingerprint density at radius 3 is 2.72 bits per heavy atom. The van der Waals surface area contributed by atoms with Gasteiger partial charge in [0.2, 0.25) is 5.91 Å². The number of ether oxygens (including phenoxy) is 1. The number of thioether (sulfide) groups is 1. The van der Waals surface area contributed by atoms with E-state index in [0.717, 1.165) is 27.2 Å². The van der Waals surface area contributed by atoms with Crippen molar-refractivity contribution in [3.63, 3.8) is 0 Å². The highest BCUT2D eigenvalue weighted by atomic mass is 32.2. The molecular formula is C19H19N3O2S. The third kappa shape index (κ3) is 4.09. The number of carbonyl (C=O) groups excluding carboxylic acids is 1. The van der Waals surface area contributed by atoms with Gasteiger partial charge in [0.1, 0.15) is 17.1 Å². The van der Waals surface area contributed by atoms with Crippen LogP contribution in [-0.4, -0.2) is 40.7 Å². The van der Waals surface area contributed by atoms with E-state index >= 15 is 0 Å². The SMILES string of the molecule is COc1ccccc1CN(C)C(=O)CSc1ncnc2ccccc12. The molecule has 0 saturated heterocycles. The van der Waals surface area contributed by atoms with E-state index in [2.05, 4.69) is 9.97 Å². The van der Waals surface area contributed by atoms with Crippen molar-refractivity contribution >= 4 is 28.6 Å². The normalized spacial score (nSPS) is 10.6. The second kappa shape index (κ2) is 7.98. The Morgan fingerprint density at radius 1 is 1.12 bits per heavy atom. The number of rotatable bonds is 6. The molecule has 1 aromatic heterocycles. The number of benzene rings is 2. The van der Waals surface area contributed by atoms with Gasteiger partial charge in [0.15, 0.2) is 0 Å². The van der Waals surface area contributed by atoms with E-state index in [1.165, 1.54) is 18.1 Å². The molecule has 6 heteroatoms. The van der Waals surface area contributed by atoms with E-state index in [-0.39, 0.29) is 5.91 Å². The van der Waals surface area contributed by atoms with Crippen LogP contribution in [0.3, 0.4) is 0 Å². The lowest BCUT2D eigenvalue weighted by molar-refractivity contribution is -0.127. The quantitative estimate of drug-likeness (QED) is 0.502. The first-order chi connectivity index (χ1) is 12.2. The zero-order valence-electron chi connectivity index (χ0n) is 14.2. The summed E-state index contributed by atoms with van der Waals surface area (Å²) in [5.74, 6) is 1.15. The average Bonchev–Trinajstić information content (AvgIpc) is 2.66. The molecule has 0 aliphatic heterocycles. The van der Waals surface area contributed by atoms with Crippen molar-refractivity contribution in [1.29, 1.82) is 0 Å². The molecule has 3 aromatic rings. The third-order valence-electron chi connectivity index (χ3n) is 3.86. The summed E-state index contributed by atoms with van der Waals surface area (Å²) in [6.07, 6.45) is 1.54. The Morgan fingerprint density at radius 2 is 1.88 bits per heavy atom. The van der Waals surface area contributed by atoms with Gasteiger partial charge in [-0.15, -0.1) is 0 Å². The van der Waals surface area contributed by atoms with Crippen LogP contribution < -0.4 is 4.74 Å². The molecule has 5 nitrogen and oxygen atoms in total. The van der Waals surface area contributed by atoms with Crippen molar-refractivity contribution in [2.45, 2.75) is 11.6 Å². The molecule has 0 N–H and O–H groups in total. The van der Waals surface area contributed by atoms with Crippen LogP contribution in [0.5, 0.6) is 5.75 Å².